The molecule has 1 N–H and O–H groups in total. The van der Waals surface area contributed by atoms with E-state index in [1.165, 1.54) is 38.4 Å². The van der Waals surface area contributed by atoms with E-state index < -0.39 is 16.0 Å². The number of halogens is 1. The summed E-state index contributed by atoms with van der Waals surface area (Å²) in [7, 11) is -0.986. The molecule has 8 nitrogen and oxygen atoms in total. The lowest BCUT2D eigenvalue weighted by Gasteiger charge is -2.20. The number of esters is 1. The predicted octanol–water partition coefficient (Wildman–Crippen LogP) is 3.65. The Labute approximate surface area is 203 Å². The molecular weight excluding hydrogens is 480 g/mol. The van der Waals surface area contributed by atoms with Crippen molar-refractivity contribution in [2.45, 2.75) is 11.4 Å². The van der Waals surface area contributed by atoms with E-state index in [9.17, 15) is 18.0 Å². The number of methoxy groups -OCH3 is 1. The van der Waals surface area contributed by atoms with Gasteiger partial charge in [0.2, 0.25) is 0 Å². The fraction of sp³-hybridized carbons (Fsp3) is 0.167. The van der Waals surface area contributed by atoms with Gasteiger partial charge in [0, 0.05) is 18.6 Å². The summed E-state index contributed by atoms with van der Waals surface area (Å²) < 4.78 is 36.8. The van der Waals surface area contributed by atoms with E-state index in [0.29, 0.717) is 22.0 Å². The zero-order valence-electron chi connectivity index (χ0n) is 18.5. The number of sulfonamides is 1. The number of benzene rings is 3. The van der Waals surface area contributed by atoms with Crippen LogP contribution >= 0.6 is 11.6 Å². The zero-order chi connectivity index (χ0) is 24.7. The van der Waals surface area contributed by atoms with Crippen LogP contribution in [0.1, 0.15) is 15.9 Å². The Morgan fingerprint density at radius 1 is 0.941 bits per heavy atom. The van der Waals surface area contributed by atoms with E-state index in [1.807, 2.05) is 0 Å². The van der Waals surface area contributed by atoms with E-state index in [1.54, 1.807) is 48.5 Å². The van der Waals surface area contributed by atoms with Crippen molar-refractivity contribution < 1.29 is 27.5 Å². The Bertz CT molecular complexity index is 1240. The third-order valence-electron chi connectivity index (χ3n) is 4.91. The molecule has 3 aromatic rings. The number of nitrogens with zero attached hydrogens (tertiary/aromatic N) is 1. The molecule has 1 amide bonds. The quantitative estimate of drug-likeness (QED) is 0.448. The van der Waals surface area contributed by atoms with Gasteiger partial charge in [-0.1, -0.05) is 23.7 Å². The van der Waals surface area contributed by atoms with Gasteiger partial charge >= 0.3 is 5.97 Å². The summed E-state index contributed by atoms with van der Waals surface area (Å²) in [5.74, 6) is -0.342. The molecule has 0 radical (unpaired) electrons. The molecule has 178 valence electrons. The molecule has 0 saturated carbocycles. The molecule has 0 bridgehead atoms. The first-order valence-corrected chi connectivity index (χ1v) is 11.9. The lowest BCUT2D eigenvalue weighted by Crippen LogP contribution is -2.28. The first-order valence-electron chi connectivity index (χ1n) is 10.1. The van der Waals surface area contributed by atoms with Gasteiger partial charge in [0.25, 0.3) is 15.9 Å². The van der Waals surface area contributed by atoms with Gasteiger partial charge in [-0.25, -0.2) is 13.2 Å². The van der Waals surface area contributed by atoms with Gasteiger partial charge in [-0.3, -0.25) is 9.10 Å². The lowest BCUT2D eigenvalue weighted by molar-refractivity contribution is -0.123. The highest BCUT2D eigenvalue weighted by Crippen LogP contribution is 2.25. The summed E-state index contributed by atoms with van der Waals surface area (Å²) in [5.41, 5.74) is 1.67. The fourth-order valence-electron chi connectivity index (χ4n) is 2.93. The highest BCUT2D eigenvalue weighted by atomic mass is 35.5. The standard InChI is InChI=1S/C24H23ClN2O6S/c1-27(34(30,31)22-13-7-19(25)8-14-22)20-9-11-21(12-10-20)33-16-23(28)26-15-17-3-5-18(6-4-17)24(29)32-2/h3-14H,15-16H2,1-2H3,(H,26,28). The molecule has 0 aliphatic rings. The highest BCUT2D eigenvalue weighted by Gasteiger charge is 2.21. The van der Waals surface area contributed by atoms with E-state index in [2.05, 4.69) is 10.1 Å². The molecule has 0 spiro atoms. The number of ether oxygens (including phenoxy) is 2. The van der Waals surface area contributed by atoms with Crippen LogP contribution in [0.3, 0.4) is 0 Å². The molecule has 0 heterocycles. The van der Waals surface area contributed by atoms with Crippen LogP contribution in [0.25, 0.3) is 0 Å². The van der Waals surface area contributed by atoms with Gasteiger partial charge in [0.1, 0.15) is 5.75 Å². The van der Waals surface area contributed by atoms with Crippen LogP contribution in [0.4, 0.5) is 5.69 Å². The number of carbonyl (C=O) groups excluding carboxylic acids is 2. The Balaban J connectivity index is 1.52. The monoisotopic (exact) mass is 502 g/mol. The average Bonchev–Trinajstić information content (AvgIpc) is 2.86. The molecule has 10 heteroatoms. The SMILES string of the molecule is COC(=O)c1ccc(CNC(=O)COc2ccc(N(C)S(=O)(=O)c3ccc(Cl)cc3)cc2)cc1. The molecule has 0 fully saturated rings. The second-order valence-electron chi connectivity index (χ2n) is 7.17. The number of hydrogen-bond acceptors (Lipinski definition) is 6. The summed E-state index contributed by atoms with van der Waals surface area (Å²) in [6, 6.07) is 18.9. The van der Waals surface area contributed by atoms with Crippen molar-refractivity contribution in [1.29, 1.82) is 0 Å². The summed E-state index contributed by atoms with van der Waals surface area (Å²) in [5, 5.41) is 3.17. The Morgan fingerprint density at radius 3 is 2.15 bits per heavy atom. The maximum absolute atomic E-state index is 12.8. The van der Waals surface area contributed by atoms with Gasteiger partial charge in [0.05, 0.1) is 23.3 Å². The van der Waals surface area contributed by atoms with Crippen LogP contribution in [-0.4, -0.2) is 41.1 Å². The van der Waals surface area contributed by atoms with Crippen LogP contribution < -0.4 is 14.4 Å². The maximum atomic E-state index is 12.8. The van der Waals surface area contributed by atoms with Crippen molar-refractivity contribution in [2.75, 3.05) is 25.1 Å². The Morgan fingerprint density at radius 2 is 1.56 bits per heavy atom. The molecule has 0 aliphatic carbocycles. The second-order valence-corrected chi connectivity index (χ2v) is 9.58. The summed E-state index contributed by atoms with van der Waals surface area (Å²) in [6.07, 6.45) is 0. The summed E-state index contributed by atoms with van der Waals surface area (Å²) in [4.78, 5) is 23.7. The van der Waals surface area contributed by atoms with Gasteiger partial charge in [0.15, 0.2) is 6.61 Å². The minimum atomic E-state index is -3.75. The molecule has 0 unspecified atom stereocenters. The highest BCUT2D eigenvalue weighted by molar-refractivity contribution is 7.92. The lowest BCUT2D eigenvalue weighted by atomic mass is 10.1. The molecule has 3 rings (SSSR count). The first kappa shape index (κ1) is 25.1. The normalized spacial score (nSPS) is 10.9. The smallest absolute Gasteiger partial charge is 0.337 e. The van der Waals surface area contributed by atoms with Gasteiger partial charge < -0.3 is 14.8 Å². The van der Waals surface area contributed by atoms with E-state index in [4.69, 9.17) is 16.3 Å². The fourth-order valence-corrected chi connectivity index (χ4v) is 4.25. The predicted molar refractivity (Wildman–Crippen MR) is 129 cm³/mol. The van der Waals surface area contributed by atoms with E-state index in [-0.39, 0.29) is 24.0 Å². The third kappa shape index (κ3) is 6.27. The third-order valence-corrected chi connectivity index (χ3v) is 6.96. The van der Waals surface area contributed by atoms with Crippen LogP contribution in [0.15, 0.2) is 77.7 Å². The summed E-state index contributed by atoms with van der Waals surface area (Å²) in [6.45, 7) is 0.0639. The van der Waals surface area contributed by atoms with Gasteiger partial charge in [-0.05, 0) is 66.2 Å². The minimum Gasteiger partial charge on any atom is -0.484 e. The van der Waals surface area contributed by atoms with Crippen molar-refractivity contribution in [3.63, 3.8) is 0 Å². The Hall–Kier alpha value is -3.56. The van der Waals surface area contributed by atoms with Crippen LogP contribution in [0.2, 0.25) is 5.02 Å². The molecule has 0 saturated heterocycles. The zero-order valence-corrected chi connectivity index (χ0v) is 20.1. The largest absolute Gasteiger partial charge is 0.484 e. The van der Waals surface area contributed by atoms with Gasteiger partial charge in [-0.2, -0.15) is 0 Å². The van der Waals surface area contributed by atoms with E-state index in [0.717, 1.165) is 9.87 Å². The van der Waals surface area contributed by atoms with Crippen molar-refractivity contribution >= 4 is 39.2 Å². The second kappa shape index (κ2) is 11.0. The number of anilines is 1. The number of nitrogens with one attached hydrogen (secondary N) is 1. The Kier molecular flexibility index (Phi) is 8.14. The first-order chi connectivity index (χ1) is 16.2. The van der Waals surface area contributed by atoms with Crippen molar-refractivity contribution in [3.05, 3.63) is 88.9 Å². The molecule has 34 heavy (non-hydrogen) atoms. The van der Waals surface area contributed by atoms with Gasteiger partial charge in [-0.15, -0.1) is 0 Å². The van der Waals surface area contributed by atoms with Crippen molar-refractivity contribution in [3.8, 4) is 5.75 Å². The van der Waals surface area contributed by atoms with Crippen LogP contribution in [-0.2, 0) is 26.1 Å². The number of amides is 1. The van der Waals surface area contributed by atoms with Crippen LogP contribution in [0.5, 0.6) is 5.75 Å². The van der Waals surface area contributed by atoms with Crippen molar-refractivity contribution in [1.82, 2.24) is 5.32 Å². The summed E-state index contributed by atoms with van der Waals surface area (Å²) >= 11 is 5.83. The topological polar surface area (TPSA) is 102 Å². The van der Waals surface area contributed by atoms with E-state index >= 15 is 0 Å². The molecule has 3 aromatic carbocycles. The molecular formula is C24H23ClN2O6S. The number of hydrogen-bond donors (Lipinski definition) is 1. The minimum absolute atomic E-state index is 0.122. The maximum Gasteiger partial charge on any atom is 0.337 e. The average molecular weight is 503 g/mol. The molecule has 0 aromatic heterocycles. The van der Waals surface area contributed by atoms with Crippen LogP contribution in [0, 0.1) is 0 Å². The number of rotatable bonds is 9. The molecule has 0 atom stereocenters. The molecule has 0 aliphatic heterocycles. The number of carbonyl (C=O) groups is 2. The van der Waals surface area contributed by atoms with Crippen molar-refractivity contribution in [2.24, 2.45) is 0 Å².